The van der Waals surface area contributed by atoms with Gasteiger partial charge in [0, 0.05) is 13.5 Å². The standard InChI is InChI=1S/C31H40N15O16P3S2/c1-54-21-15(5-56-64(51,52)66)60-31(46-11-43-18-25(34)37-8-40-28(18)46)22(21)62-63(49,50)55-3-12-2-13(29(58-12)44-9-41-16-23(32)35-6-38-26(16)44)61-65(53,67)57-4-14-19(47)20(48)30(59-14)45-10-42-17-24(33)36-7-39-27(17)45/h6-15,19-22,29-31,47-48H,2-5H2,1H3,(H,49,50)(H,53,67)(H2,32,35,38)(H2,33,36,39)(H2,34,37,40)(H2,51,52,66)/t12-,13+,14+,15+,19+,20+,21+,22+,29+,30+,31+,65?/m0/s1. The molecular formula is C31H40N15O16P3S2. The summed E-state index contributed by atoms with van der Waals surface area (Å²) in [6.07, 6.45) is -6.90. The summed E-state index contributed by atoms with van der Waals surface area (Å²) in [6.45, 7) is -10.2. The SMILES string of the molecule is CO[C@H]1[C@@H](OP(=O)(O)OC[C@@H]2C[C@@H](OP(O)(=S)OC[C@H]3O[C@@H](n4cnc5c(N)ncnc54)[C@H](O)[C@@H]3O)[C@H](n3cnc4c(N)ncnc43)O2)[C@H](n2cnc3c(N)ncnc32)O[C@@H]1COP(O)(O)=S. The van der Waals surface area contributed by atoms with Crippen molar-refractivity contribution in [2.45, 2.75) is 73.9 Å². The van der Waals surface area contributed by atoms with Gasteiger partial charge in [0.05, 0.1) is 44.9 Å². The summed E-state index contributed by atoms with van der Waals surface area (Å²) in [5.41, 5.74) is 19.1. The van der Waals surface area contributed by atoms with Crippen LogP contribution in [0.3, 0.4) is 0 Å². The number of hydrogen-bond donors (Lipinski definition) is 9. The van der Waals surface area contributed by atoms with Gasteiger partial charge in [-0.15, -0.1) is 0 Å². The van der Waals surface area contributed by atoms with Crippen molar-refractivity contribution < 1.29 is 75.9 Å². The lowest BCUT2D eigenvalue weighted by Crippen LogP contribution is -2.37. The number of anilines is 3. The molecule has 0 bridgehead atoms. The molecule has 36 heteroatoms. The average molecular weight is 1040 g/mol. The normalized spacial score (nSPS) is 29.9. The molecule has 3 fully saturated rings. The molecule has 12 N–H and O–H groups in total. The lowest BCUT2D eigenvalue weighted by Gasteiger charge is -2.26. The Morgan fingerprint density at radius 1 is 0.642 bits per heavy atom. The fraction of sp³-hybridized carbons (Fsp3) is 0.516. The van der Waals surface area contributed by atoms with Crippen LogP contribution in [-0.2, 0) is 69.7 Å². The number of phosphoric acid groups is 1. The van der Waals surface area contributed by atoms with Crippen molar-refractivity contribution in [3.8, 4) is 0 Å². The third kappa shape index (κ3) is 9.78. The first-order valence-electron chi connectivity index (χ1n) is 19.5. The number of fused-ring (bicyclic) bond motifs is 3. The second kappa shape index (κ2) is 18.7. The number of hydrogen-bond acceptors (Lipinski definition) is 26. The predicted octanol–water partition coefficient (Wildman–Crippen LogP) is -1.58. The third-order valence-corrected chi connectivity index (χ3v) is 14.2. The number of ether oxygens (including phenoxy) is 4. The topological polar surface area (TPSA) is 430 Å². The van der Waals surface area contributed by atoms with E-state index < -0.39 is 109 Å². The van der Waals surface area contributed by atoms with E-state index in [1.165, 1.54) is 52.4 Å². The highest BCUT2D eigenvalue weighted by Crippen LogP contribution is 2.53. The maximum Gasteiger partial charge on any atom is 0.472 e. The van der Waals surface area contributed by atoms with E-state index in [-0.39, 0.29) is 57.4 Å². The number of aliphatic hydroxyl groups excluding tert-OH is 2. The molecule has 3 saturated heterocycles. The summed E-state index contributed by atoms with van der Waals surface area (Å²) in [5, 5.41) is 21.8. The van der Waals surface area contributed by atoms with Gasteiger partial charge in [-0.1, -0.05) is 0 Å². The highest BCUT2D eigenvalue weighted by atomic mass is 32.5. The van der Waals surface area contributed by atoms with Crippen LogP contribution in [0.15, 0.2) is 38.0 Å². The van der Waals surface area contributed by atoms with Crippen LogP contribution in [-0.4, -0.2) is 164 Å². The van der Waals surface area contributed by atoms with Crippen LogP contribution in [0.2, 0.25) is 0 Å². The maximum atomic E-state index is 13.9. The first kappa shape index (κ1) is 48.0. The van der Waals surface area contributed by atoms with E-state index in [0.717, 1.165) is 6.33 Å². The smallest absolute Gasteiger partial charge is 0.387 e. The number of phosphoric ester groups is 1. The van der Waals surface area contributed by atoms with Crippen molar-refractivity contribution in [3.63, 3.8) is 0 Å². The van der Waals surface area contributed by atoms with Crippen LogP contribution < -0.4 is 17.2 Å². The van der Waals surface area contributed by atoms with Crippen LogP contribution in [0, 0.1) is 0 Å². The monoisotopic (exact) mass is 1040 g/mol. The molecule has 362 valence electrons. The lowest BCUT2D eigenvalue weighted by atomic mass is 10.1. The molecule has 31 nitrogen and oxygen atoms in total. The van der Waals surface area contributed by atoms with Gasteiger partial charge < -0.3 is 79.5 Å². The zero-order valence-electron chi connectivity index (χ0n) is 34.2. The van der Waals surface area contributed by atoms with Crippen molar-refractivity contribution >= 4 is 95.8 Å². The molecule has 13 atom stereocenters. The molecule has 67 heavy (non-hydrogen) atoms. The van der Waals surface area contributed by atoms with E-state index in [2.05, 4.69) is 56.7 Å². The average Bonchev–Trinajstić information content (AvgIpc) is 4.13. The molecule has 3 aliphatic heterocycles. The molecular weight excluding hydrogens is 995 g/mol. The van der Waals surface area contributed by atoms with Gasteiger partial charge in [-0.3, -0.25) is 22.7 Å². The van der Waals surface area contributed by atoms with Crippen LogP contribution in [0.5, 0.6) is 0 Å². The Hall–Kier alpha value is -4.02. The van der Waals surface area contributed by atoms with E-state index in [0.29, 0.717) is 0 Å². The second-order valence-corrected chi connectivity index (χ2v) is 21.8. The summed E-state index contributed by atoms with van der Waals surface area (Å²) >= 11 is 9.98. The fourth-order valence-corrected chi connectivity index (χ4v) is 10.7. The van der Waals surface area contributed by atoms with E-state index in [1.807, 2.05) is 0 Å². The predicted molar refractivity (Wildman–Crippen MR) is 231 cm³/mol. The number of nitrogens with zero attached hydrogens (tertiary/aromatic N) is 12. The number of imidazole rings is 3. The Morgan fingerprint density at radius 3 is 1.69 bits per heavy atom. The highest BCUT2D eigenvalue weighted by Gasteiger charge is 2.52. The quantitative estimate of drug-likeness (QED) is 0.0465. The Morgan fingerprint density at radius 2 is 1.15 bits per heavy atom. The van der Waals surface area contributed by atoms with Crippen molar-refractivity contribution in [1.29, 1.82) is 0 Å². The molecule has 3 aliphatic rings. The van der Waals surface area contributed by atoms with Gasteiger partial charge in [-0.05, 0) is 23.6 Å². The van der Waals surface area contributed by atoms with Crippen molar-refractivity contribution in [1.82, 2.24) is 58.6 Å². The number of rotatable bonds is 17. The minimum Gasteiger partial charge on any atom is -0.387 e. The van der Waals surface area contributed by atoms with Gasteiger partial charge in [-0.2, -0.15) is 0 Å². The van der Waals surface area contributed by atoms with Gasteiger partial charge in [0.2, 0.25) is 0 Å². The van der Waals surface area contributed by atoms with Crippen molar-refractivity contribution in [3.05, 3.63) is 38.0 Å². The van der Waals surface area contributed by atoms with E-state index >= 15 is 0 Å². The first-order chi connectivity index (χ1) is 31.8. The van der Waals surface area contributed by atoms with Gasteiger partial charge in [0.1, 0.15) is 78.3 Å². The minimum absolute atomic E-state index is 0.0256. The molecule has 2 unspecified atom stereocenters. The molecule has 0 radical (unpaired) electrons. The largest absolute Gasteiger partial charge is 0.472 e. The van der Waals surface area contributed by atoms with E-state index in [9.17, 15) is 34.4 Å². The molecule has 0 amide bonds. The molecule has 6 aromatic heterocycles. The van der Waals surface area contributed by atoms with Gasteiger partial charge in [0.25, 0.3) is 0 Å². The summed E-state index contributed by atoms with van der Waals surface area (Å²) in [6, 6.07) is 0. The number of nitrogens with two attached hydrogens (primary N) is 3. The Kier molecular flexibility index (Phi) is 13.4. The van der Waals surface area contributed by atoms with E-state index in [1.54, 1.807) is 0 Å². The summed E-state index contributed by atoms with van der Waals surface area (Å²) in [4.78, 5) is 79.2. The molecule has 0 saturated carbocycles. The minimum atomic E-state index is -5.14. The third-order valence-electron chi connectivity index (χ3n) is 10.8. The Bertz CT molecular complexity index is 2930. The molecule has 9 heterocycles. The number of aromatic nitrogens is 12. The number of methoxy groups -OCH3 is 1. The molecule has 9 rings (SSSR count). The number of nitrogen functional groups attached to an aromatic ring is 3. The van der Waals surface area contributed by atoms with Crippen LogP contribution in [0.25, 0.3) is 33.5 Å². The molecule has 6 aromatic rings. The summed E-state index contributed by atoms with van der Waals surface area (Å²) in [7, 11) is -3.89. The van der Waals surface area contributed by atoms with Gasteiger partial charge in [-0.25, -0.2) is 49.4 Å². The second-order valence-electron chi connectivity index (χ2n) is 15.0. The maximum absolute atomic E-state index is 13.9. The van der Waals surface area contributed by atoms with Crippen molar-refractivity contribution in [2.24, 2.45) is 0 Å². The summed E-state index contributed by atoms with van der Waals surface area (Å²) in [5.74, 6) is 0.151. The molecule has 0 aromatic carbocycles. The number of aliphatic hydroxyl groups is 2. The highest BCUT2D eigenvalue weighted by molar-refractivity contribution is 8.07. The zero-order valence-corrected chi connectivity index (χ0v) is 38.5. The molecule has 0 spiro atoms. The van der Waals surface area contributed by atoms with Gasteiger partial charge in [0.15, 0.2) is 53.1 Å². The van der Waals surface area contributed by atoms with Crippen LogP contribution in [0.4, 0.5) is 17.5 Å². The van der Waals surface area contributed by atoms with Gasteiger partial charge >= 0.3 is 21.3 Å². The van der Waals surface area contributed by atoms with Crippen LogP contribution in [0.1, 0.15) is 25.1 Å². The van der Waals surface area contributed by atoms with Crippen molar-refractivity contribution in [2.75, 3.05) is 44.1 Å². The Balaban J connectivity index is 0.909. The summed E-state index contributed by atoms with van der Waals surface area (Å²) < 4.78 is 69.7. The lowest BCUT2D eigenvalue weighted by molar-refractivity contribution is -0.0608. The van der Waals surface area contributed by atoms with E-state index in [4.69, 9.17) is 70.6 Å². The van der Waals surface area contributed by atoms with Crippen LogP contribution >= 0.6 is 21.3 Å². The Labute approximate surface area is 385 Å². The molecule has 0 aliphatic carbocycles. The fourth-order valence-electron chi connectivity index (χ4n) is 7.79. The zero-order chi connectivity index (χ0) is 47.6. The first-order valence-corrected chi connectivity index (χ1v) is 26.2.